The van der Waals surface area contributed by atoms with Crippen LogP contribution < -0.4 is 16.4 Å². The lowest BCUT2D eigenvalue weighted by Crippen LogP contribution is -2.56. The van der Waals surface area contributed by atoms with Gasteiger partial charge in [0.15, 0.2) is 0 Å². The molecule has 8 heteroatoms. The number of nitrogens with one attached hydrogen (secondary N) is 2. The van der Waals surface area contributed by atoms with Crippen LogP contribution in [0.2, 0.25) is 0 Å². The highest BCUT2D eigenvalue weighted by Crippen LogP contribution is 2.30. The van der Waals surface area contributed by atoms with E-state index < -0.39 is 17.6 Å². The van der Waals surface area contributed by atoms with Gasteiger partial charge in [-0.05, 0) is 36.5 Å². The van der Waals surface area contributed by atoms with Crippen molar-refractivity contribution in [2.24, 2.45) is 5.73 Å². The molecule has 0 bridgehead atoms. The van der Waals surface area contributed by atoms with Crippen molar-refractivity contribution in [1.29, 1.82) is 0 Å². The quantitative estimate of drug-likeness (QED) is 0.511. The number of hydrogen-bond acceptors (Lipinski definition) is 6. The molecule has 2 aliphatic heterocycles. The molecule has 144 valence electrons. The second kappa shape index (κ2) is 6.70. The Kier molecular flexibility index (Phi) is 4.49. The van der Waals surface area contributed by atoms with Crippen molar-refractivity contribution in [3.8, 4) is 0 Å². The number of hydrogen-bond donors (Lipinski definition) is 4. The third-order valence-electron chi connectivity index (χ3n) is 5.66. The highest BCUT2D eigenvalue weighted by atomic mass is 16.3. The fourth-order valence-electron chi connectivity index (χ4n) is 4.24. The van der Waals surface area contributed by atoms with Crippen LogP contribution in [0.15, 0.2) is 18.2 Å². The van der Waals surface area contributed by atoms with Crippen LogP contribution in [0.1, 0.15) is 47.2 Å². The van der Waals surface area contributed by atoms with E-state index in [-0.39, 0.29) is 24.3 Å². The van der Waals surface area contributed by atoms with Gasteiger partial charge in [-0.1, -0.05) is 12.1 Å². The monoisotopic (exact) mass is 372 g/mol. The molecule has 1 unspecified atom stereocenters. The molecule has 1 aromatic rings. The van der Waals surface area contributed by atoms with Crippen LogP contribution >= 0.6 is 0 Å². The maximum Gasteiger partial charge on any atom is 0.255 e. The van der Waals surface area contributed by atoms with Gasteiger partial charge in [0.2, 0.25) is 11.8 Å². The first kappa shape index (κ1) is 18.1. The summed E-state index contributed by atoms with van der Waals surface area (Å²) in [6.45, 7) is 1.43. The number of amides is 3. The first-order chi connectivity index (χ1) is 12.8. The summed E-state index contributed by atoms with van der Waals surface area (Å²) < 4.78 is 0. The Morgan fingerprint density at radius 1 is 1.30 bits per heavy atom. The van der Waals surface area contributed by atoms with Crippen molar-refractivity contribution in [3.05, 3.63) is 34.9 Å². The van der Waals surface area contributed by atoms with Crippen molar-refractivity contribution in [2.75, 3.05) is 6.54 Å². The number of carbonyl (C=O) groups excluding carboxylic acids is 3. The Bertz CT molecular complexity index is 803. The SMILES string of the molecule is NC1CC(O)(CNCc2ccc3c(c2)CN(C2CCC(=O)NC2=O)C3=O)C1. The maximum atomic E-state index is 12.7. The van der Waals surface area contributed by atoms with Crippen molar-refractivity contribution in [1.82, 2.24) is 15.5 Å². The molecule has 1 saturated carbocycles. The molecule has 2 heterocycles. The number of nitrogens with two attached hydrogens (primary N) is 1. The number of carbonyl (C=O) groups is 3. The lowest BCUT2D eigenvalue weighted by Gasteiger charge is -2.41. The van der Waals surface area contributed by atoms with Crippen molar-refractivity contribution in [2.45, 2.75) is 56.5 Å². The molecule has 0 aromatic heterocycles. The van der Waals surface area contributed by atoms with Gasteiger partial charge in [0.1, 0.15) is 6.04 Å². The topological polar surface area (TPSA) is 125 Å². The Morgan fingerprint density at radius 3 is 2.78 bits per heavy atom. The first-order valence-electron chi connectivity index (χ1n) is 9.30. The molecule has 2 fully saturated rings. The zero-order chi connectivity index (χ0) is 19.2. The van der Waals surface area contributed by atoms with Gasteiger partial charge in [-0.15, -0.1) is 0 Å². The molecule has 1 atom stereocenters. The van der Waals surface area contributed by atoms with Crippen LogP contribution in [0.3, 0.4) is 0 Å². The molecule has 3 amide bonds. The molecular formula is C19H24N4O4. The fraction of sp³-hybridized carbons (Fsp3) is 0.526. The molecule has 1 saturated heterocycles. The minimum atomic E-state index is -0.714. The van der Waals surface area contributed by atoms with Crippen LogP contribution in [0.25, 0.3) is 0 Å². The van der Waals surface area contributed by atoms with Crippen molar-refractivity contribution in [3.63, 3.8) is 0 Å². The van der Waals surface area contributed by atoms with Crippen LogP contribution in [0.4, 0.5) is 0 Å². The normalized spacial score (nSPS) is 30.1. The molecule has 1 aromatic carbocycles. The molecule has 0 spiro atoms. The van der Waals surface area contributed by atoms with E-state index in [9.17, 15) is 19.5 Å². The van der Waals surface area contributed by atoms with Gasteiger partial charge in [-0.25, -0.2) is 0 Å². The van der Waals surface area contributed by atoms with E-state index in [4.69, 9.17) is 5.73 Å². The number of imide groups is 1. The highest BCUT2D eigenvalue weighted by Gasteiger charge is 2.40. The summed E-state index contributed by atoms with van der Waals surface area (Å²) in [6.07, 6.45) is 1.83. The smallest absolute Gasteiger partial charge is 0.255 e. The second-order valence-electron chi connectivity index (χ2n) is 7.89. The summed E-state index contributed by atoms with van der Waals surface area (Å²) in [4.78, 5) is 37.6. The van der Waals surface area contributed by atoms with Crippen LogP contribution in [0, 0.1) is 0 Å². The summed E-state index contributed by atoms with van der Waals surface area (Å²) in [5.41, 5.74) is 7.52. The maximum absolute atomic E-state index is 12.7. The fourth-order valence-corrected chi connectivity index (χ4v) is 4.24. The second-order valence-corrected chi connectivity index (χ2v) is 7.89. The Balaban J connectivity index is 1.39. The van der Waals surface area contributed by atoms with Crippen LogP contribution in [-0.4, -0.2) is 52.0 Å². The van der Waals surface area contributed by atoms with Crippen molar-refractivity contribution >= 4 is 17.7 Å². The van der Waals surface area contributed by atoms with Gasteiger partial charge in [0.25, 0.3) is 5.91 Å². The number of aliphatic hydroxyl groups is 1. The molecule has 5 N–H and O–H groups in total. The van der Waals surface area contributed by atoms with E-state index >= 15 is 0 Å². The van der Waals surface area contributed by atoms with Gasteiger partial charge < -0.3 is 21.1 Å². The Hall–Kier alpha value is -2.29. The summed E-state index contributed by atoms with van der Waals surface area (Å²) >= 11 is 0. The molecule has 8 nitrogen and oxygen atoms in total. The van der Waals surface area contributed by atoms with Gasteiger partial charge >= 0.3 is 0 Å². The minimum Gasteiger partial charge on any atom is -0.388 e. The van der Waals surface area contributed by atoms with E-state index in [0.29, 0.717) is 44.5 Å². The summed E-state index contributed by atoms with van der Waals surface area (Å²) in [6, 6.07) is 5.12. The van der Waals surface area contributed by atoms with Gasteiger partial charge in [-0.3, -0.25) is 19.7 Å². The average molecular weight is 372 g/mol. The highest BCUT2D eigenvalue weighted by molar-refractivity contribution is 6.05. The van der Waals surface area contributed by atoms with Crippen LogP contribution in [0.5, 0.6) is 0 Å². The van der Waals surface area contributed by atoms with Gasteiger partial charge in [-0.2, -0.15) is 0 Å². The first-order valence-corrected chi connectivity index (χ1v) is 9.30. The number of nitrogens with zero attached hydrogens (tertiary/aromatic N) is 1. The summed E-state index contributed by atoms with van der Waals surface area (Å²) in [5, 5.41) is 15.8. The van der Waals surface area contributed by atoms with Gasteiger partial charge in [0, 0.05) is 37.7 Å². The average Bonchev–Trinajstić information content (AvgIpc) is 2.90. The molecular weight excluding hydrogens is 348 g/mol. The zero-order valence-corrected chi connectivity index (χ0v) is 15.0. The standard InChI is InChI=1S/C19H24N4O4/c20-13-6-19(27,7-13)10-21-8-11-1-2-14-12(5-11)9-23(18(14)26)15-3-4-16(24)22-17(15)25/h1-2,5,13,15,21,27H,3-4,6-10,20H2,(H,22,24,25). The molecule has 3 aliphatic rings. The third-order valence-corrected chi connectivity index (χ3v) is 5.66. The van der Waals surface area contributed by atoms with E-state index in [1.807, 2.05) is 12.1 Å². The predicted molar refractivity (Wildman–Crippen MR) is 96.4 cm³/mol. The largest absolute Gasteiger partial charge is 0.388 e. The minimum absolute atomic E-state index is 0.0843. The number of piperidine rings is 1. The van der Waals surface area contributed by atoms with E-state index in [0.717, 1.165) is 11.1 Å². The summed E-state index contributed by atoms with van der Waals surface area (Å²) in [5.74, 6) is -0.860. The number of benzene rings is 1. The predicted octanol–water partition coefficient (Wildman–Crippen LogP) is -0.611. The van der Waals surface area contributed by atoms with Gasteiger partial charge in [0.05, 0.1) is 5.60 Å². The lowest BCUT2D eigenvalue weighted by molar-refractivity contribution is -0.136. The zero-order valence-electron chi connectivity index (χ0n) is 15.0. The van der Waals surface area contributed by atoms with Crippen LogP contribution in [-0.2, 0) is 22.7 Å². The van der Waals surface area contributed by atoms with E-state index in [1.165, 1.54) is 0 Å². The molecule has 0 radical (unpaired) electrons. The van der Waals surface area contributed by atoms with E-state index in [2.05, 4.69) is 10.6 Å². The lowest BCUT2D eigenvalue weighted by atomic mass is 9.76. The number of fused-ring (bicyclic) bond motifs is 1. The molecule has 4 rings (SSSR count). The van der Waals surface area contributed by atoms with Crippen molar-refractivity contribution < 1.29 is 19.5 Å². The number of rotatable bonds is 5. The summed E-state index contributed by atoms with van der Waals surface area (Å²) in [7, 11) is 0. The molecule has 27 heavy (non-hydrogen) atoms. The Morgan fingerprint density at radius 2 is 2.07 bits per heavy atom. The third kappa shape index (κ3) is 3.47. The van der Waals surface area contributed by atoms with E-state index in [1.54, 1.807) is 11.0 Å². The Labute approximate surface area is 157 Å². The molecule has 1 aliphatic carbocycles.